The van der Waals surface area contributed by atoms with Crippen molar-refractivity contribution in [1.82, 2.24) is 5.09 Å². The molecular weight excluding hydrogens is 634 g/mol. The van der Waals surface area contributed by atoms with Gasteiger partial charge in [-0.2, -0.15) is 6.42 Å². The fourth-order valence-electron chi connectivity index (χ4n) is 4.15. The van der Waals surface area contributed by atoms with Crippen LogP contribution in [0.5, 0.6) is 5.75 Å². The summed E-state index contributed by atoms with van der Waals surface area (Å²) in [7, 11) is 15.1. The number of hydrogen-bond donors (Lipinski definition) is 1. The molecule has 0 bridgehead atoms. The third-order valence-corrected chi connectivity index (χ3v) is 8.40. The van der Waals surface area contributed by atoms with E-state index in [1.165, 1.54) is 17.0 Å². The number of rotatable bonds is 6. The van der Waals surface area contributed by atoms with E-state index in [4.69, 9.17) is 44.6 Å². The number of aryl methyl sites for hydroxylation is 2. The van der Waals surface area contributed by atoms with Gasteiger partial charge in [-0.15, -0.1) is 0 Å². The average molecular weight is 669 g/mol. The van der Waals surface area contributed by atoms with Crippen LogP contribution >= 0.6 is 38.2 Å². The number of ether oxygens (including phenoxy) is 2. The van der Waals surface area contributed by atoms with Crippen molar-refractivity contribution in [3.63, 3.8) is 0 Å². The van der Waals surface area contributed by atoms with Crippen LogP contribution in [0, 0.1) is 20.5 Å². The zero-order chi connectivity index (χ0) is 29.5. The Hall–Kier alpha value is -2.06. The van der Waals surface area contributed by atoms with E-state index >= 15 is 0 Å². The molecule has 0 unspecified atom stereocenters. The minimum atomic E-state index is -1.62. The number of nitrogens with one attached hydrogen (secondary N) is 1. The summed E-state index contributed by atoms with van der Waals surface area (Å²) in [5.41, 5.74) is 4.23. The minimum absolute atomic E-state index is 0.799. The molecule has 0 saturated carbocycles. The second-order valence-corrected chi connectivity index (χ2v) is 17.5. The van der Waals surface area contributed by atoms with Gasteiger partial charge in [-0.3, -0.25) is 0 Å². The first-order valence-electron chi connectivity index (χ1n) is 13.1. The third kappa shape index (κ3) is 11.3. The molecule has 0 atom stereocenters. The van der Waals surface area contributed by atoms with E-state index in [1.54, 1.807) is 7.11 Å². The zero-order valence-electron chi connectivity index (χ0n) is 23.3. The van der Waals surface area contributed by atoms with Crippen molar-refractivity contribution in [2.75, 3.05) is 13.7 Å². The molecule has 4 aromatic carbocycles. The molecule has 1 saturated heterocycles. The third-order valence-electron chi connectivity index (χ3n) is 6.10. The van der Waals surface area contributed by atoms with Crippen molar-refractivity contribution >= 4 is 60.4 Å². The zero-order valence-corrected chi connectivity index (χ0v) is 27.9. The molecular formula is C32H35Cl3CrN2O2P+. The maximum absolute atomic E-state index is 5.71. The number of methoxy groups -OCH3 is 1. The van der Waals surface area contributed by atoms with E-state index < -0.39 is 19.5 Å². The molecule has 1 N–H and O–H groups in total. The molecule has 0 aromatic heterocycles. The van der Waals surface area contributed by atoms with Crippen LogP contribution in [0.25, 0.3) is 0 Å². The van der Waals surface area contributed by atoms with Gasteiger partial charge in [-0.05, 0) is 61.4 Å². The quantitative estimate of drug-likeness (QED) is 0.0967. The molecule has 4 nitrogen and oxygen atoms in total. The van der Waals surface area contributed by atoms with Crippen molar-refractivity contribution in [2.45, 2.75) is 26.7 Å². The number of benzene rings is 4. The van der Waals surface area contributed by atoms with Crippen LogP contribution in [0.1, 0.15) is 29.5 Å². The van der Waals surface area contributed by atoms with E-state index in [2.05, 4.69) is 104 Å². The van der Waals surface area contributed by atoms with Crippen molar-refractivity contribution in [2.24, 2.45) is 4.99 Å². The molecule has 0 amide bonds. The predicted octanol–water partition coefficient (Wildman–Crippen LogP) is 8.78. The van der Waals surface area contributed by atoms with Crippen LogP contribution in [0.15, 0.2) is 108 Å². The maximum atomic E-state index is 5.71. The number of hydrogen-bond acceptors (Lipinski definition) is 3. The van der Waals surface area contributed by atoms with Gasteiger partial charge in [0, 0.05) is 6.61 Å². The van der Waals surface area contributed by atoms with E-state index in [9.17, 15) is 0 Å². The number of aliphatic imine (C=N–C) groups is 1. The van der Waals surface area contributed by atoms with Crippen LogP contribution < -0.4 is 20.4 Å². The Morgan fingerprint density at radius 3 is 1.83 bits per heavy atom. The Kier molecular flexibility index (Phi) is 15.1. The fraction of sp³-hybridized carbons (Fsp3) is 0.188. The first-order valence-corrected chi connectivity index (χ1v) is 19.9. The first-order chi connectivity index (χ1) is 19.9. The van der Waals surface area contributed by atoms with E-state index in [-0.39, 0.29) is 0 Å². The van der Waals surface area contributed by atoms with Gasteiger partial charge < -0.3 is 9.47 Å². The summed E-state index contributed by atoms with van der Waals surface area (Å²) in [4.78, 5) is 5.18. The summed E-state index contributed by atoms with van der Waals surface area (Å²) in [6.07, 6.45) is 2.38. The van der Waals surface area contributed by atoms with Gasteiger partial charge >= 0.3 is 41.5 Å². The molecule has 0 spiro atoms. The van der Waals surface area contributed by atoms with E-state index in [1.807, 2.05) is 24.8 Å². The number of nitrogens with zero attached hydrogens (tertiary/aromatic N) is 1. The average Bonchev–Trinajstić information content (AvgIpc) is 3.58. The van der Waals surface area contributed by atoms with Crippen LogP contribution in [-0.2, 0) is 16.1 Å². The summed E-state index contributed by atoms with van der Waals surface area (Å²) >= 11 is -1.62. The van der Waals surface area contributed by atoms with Crippen molar-refractivity contribution in [3.8, 4) is 5.75 Å². The molecule has 1 aliphatic heterocycles. The second-order valence-electron chi connectivity index (χ2n) is 8.99. The molecule has 41 heavy (non-hydrogen) atoms. The monoisotopic (exact) mass is 667 g/mol. The summed E-state index contributed by atoms with van der Waals surface area (Å²) in [6.45, 7) is 7.01. The van der Waals surface area contributed by atoms with Crippen molar-refractivity contribution in [1.29, 1.82) is 0 Å². The molecule has 5 rings (SSSR count). The summed E-state index contributed by atoms with van der Waals surface area (Å²) in [5.74, 6) is 1.62. The van der Waals surface area contributed by atoms with Gasteiger partial charge in [-0.25, -0.2) is 16.7 Å². The van der Waals surface area contributed by atoms with E-state index in [0.717, 1.165) is 47.0 Å². The Morgan fingerprint density at radius 2 is 1.37 bits per heavy atom. The van der Waals surface area contributed by atoms with Gasteiger partial charge in [0.2, 0.25) is 0 Å². The van der Waals surface area contributed by atoms with Crippen LogP contribution in [0.2, 0.25) is 0 Å². The normalized spacial score (nSPS) is 12.7. The van der Waals surface area contributed by atoms with Gasteiger partial charge in [0.1, 0.15) is 16.4 Å². The van der Waals surface area contributed by atoms with Gasteiger partial charge in [0.25, 0.3) is 0 Å². The number of para-hydroxylation sites is 2. The van der Waals surface area contributed by atoms with Gasteiger partial charge in [-0.1, -0.05) is 73.2 Å². The molecule has 1 fully saturated rings. The SMILES string of the molecule is COc1ccccc1C(=Nc1c(C)cccc1C)N[PH+](c1ccccc1)c1ccccc1.[CH-]1CCCO1.[Cl][Cr+]([Cl])[Cl]. The van der Waals surface area contributed by atoms with Crippen LogP contribution in [0.4, 0.5) is 5.69 Å². The molecule has 0 radical (unpaired) electrons. The van der Waals surface area contributed by atoms with Crippen LogP contribution in [-0.4, -0.2) is 19.6 Å². The summed E-state index contributed by atoms with van der Waals surface area (Å²) < 4.78 is 10.5. The molecule has 1 heterocycles. The Balaban J connectivity index is 0.000000442. The molecule has 9 heteroatoms. The van der Waals surface area contributed by atoms with Crippen molar-refractivity contribution in [3.05, 3.63) is 126 Å². The Bertz CT molecular complexity index is 1290. The molecule has 4 aromatic rings. The standard InChI is InChI=1S/C28H27N2OP.C4H7O.3ClH.Cr/c1-21-13-12-14-22(2)27(21)29-28(25-19-10-11-20-26(25)31-3)30-32(23-15-6-4-7-16-23)24-17-8-5-9-18-24;1-2-4-5-3-1;;;;/h4-20H,1-3H3,(H,29,30);3H,1-2,4H2;3*1H;/q;-1;;;;+4/p-2. The predicted molar refractivity (Wildman–Crippen MR) is 176 cm³/mol. The molecule has 216 valence electrons. The van der Waals surface area contributed by atoms with E-state index in [0.29, 0.717) is 0 Å². The Labute approximate surface area is 262 Å². The molecule has 1 aliphatic rings. The fourth-order valence-corrected chi connectivity index (χ4v) is 6.25. The second kappa shape index (κ2) is 18.5. The number of halogens is 3. The summed E-state index contributed by atoms with van der Waals surface area (Å²) in [5, 5.41) is 6.39. The first kappa shape index (κ1) is 33.4. The molecule has 0 aliphatic carbocycles. The summed E-state index contributed by atoms with van der Waals surface area (Å²) in [6, 6.07) is 35.6. The number of amidine groups is 1. The Morgan fingerprint density at radius 1 is 0.829 bits per heavy atom. The van der Waals surface area contributed by atoms with Crippen LogP contribution in [0.3, 0.4) is 0 Å². The van der Waals surface area contributed by atoms with Crippen molar-refractivity contribution < 1.29 is 20.9 Å². The van der Waals surface area contributed by atoms with Gasteiger partial charge in [0.05, 0.1) is 18.4 Å². The van der Waals surface area contributed by atoms with Gasteiger partial charge in [0.15, 0.2) is 13.9 Å². The topological polar surface area (TPSA) is 42.8 Å².